The number of hydrogen-bond acceptors (Lipinski definition) is 8. The molecular weight excluding hydrogens is 471 g/mol. The maximum Gasteiger partial charge on any atom is 0.285 e. The van der Waals surface area contributed by atoms with Crippen molar-refractivity contribution >= 4 is 25.1 Å². The second-order valence-electron chi connectivity index (χ2n) is 7.16. The Morgan fingerprint density at radius 2 is 2.06 bits per heavy atom. The molecule has 4 rings (SSSR count). The van der Waals surface area contributed by atoms with E-state index >= 15 is 0 Å². The summed E-state index contributed by atoms with van der Waals surface area (Å²) in [4.78, 5) is 23.8. The van der Waals surface area contributed by atoms with Gasteiger partial charge in [0.25, 0.3) is 13.6 Å². The van der Waals surface area contributed by atoms with Gasteiger partial charge in [-0.2, -0.15) is 0 Å². The molecule has 0 bridgehead atoms. The molecule has 34 heavy (non-hydrogen) atoms. The summed E-state index contributed by atoms with van der Waals surface area (Å²) in [5.41, 5.74) is 7.83. The molecule has 1 aromatic carbocycles. The molecule has 3 aromatic heterocycles. The number of benzene rings is 1. The molecule has 0 aliphatic carbocycles. The van der Waals surface area contributed by atoms with Crippen molar-refractivity contribution in [3.63, 3.8) is 0 Å². The van der Waals surface area contributed by atoms with Crippen molar-refractivity contribution in [3.8, 4) is 11.3 Å². The maximum atomic E-state index is 13.8. The molecule has 0 saturated carbocycles. The Labute approximate surface area is 191 Å². The van der Waals surface area contributed by atoms with E-state index in [0.29, 0.717) is 29.3 Å². The van der Waals surface area contributed by atoms with Crippen molar-refractivity contribution in [1.82, 2.24) is 10.1 Å². The van der Waals surface area contributed by atoms with E-state index in [4.69, 9.17) is 15.2 Å². The summed E-state index contributed by atoms with van der Waals surface area (Å²) in [5.74, 6) is -0.361. The fourth-order valence-electron chi connectivity index (χ4n) is 3.09. The van der Waals surface area contributed by atoms with E-state index in [2.05, 4.69) is 20.0 Å². The third-order valence-corrected chi connectivity index (χ3v) is 5.14. The van der Waals surface area contributed by atoms with Gasteiger partial charge in [-0.3, -0.25) is 14.8 Å². The van der Waals surface area contributed by atoms with Crippen molar-refractivity contribution in [2.45, 2.75) is 13.2 Å². The van der Waals surface area contributed by atoms with Gasteiger partial charge >= 0.3 is 0 Å². The lowest BCUT2D eigenvalue weighted by Crippen LogP contribution is -2.38. The van der Waals surface area contributed by atoms with Gasteiger partial charge in [-0.25, -0.2) is 18.3 Å². The Morgan fingerprint density at radius 3 is 2.79 bits per heavy atom. The van der Waals surface area contributed by atoms with Crippen LogP contribution in [0.3, 0.4) is 0 Å². The number of nitrogens with zero attached hydrogens (tertiary/aromatic N) is 3. The number of hydrogen-bond donors (Lipinski definition) is 3. The molecule has 0 spiro atoms. The first kappa shape index (κ1) is 23.5. The summed E-state index contributed by atoms with van der Waals surface area (Å²) >= 11 is 0. The zero-order valence-corrected chi connectivity index (χ0v) is 18.3. The smallest absolute Gasteiger partial charge is 0.285 e. The maximum absolute atomic E-state index is 13.8. The van der Waals surface area contributed by atoms with Crippen LogP contribution in [-0.2, 0) is 22.2 Å². The highest BCUT2D eigenvalue weighted by atomic mass is 31.2. The Kier molecular flexibility index (Phi) is 6.66. The highest BCUT2D eigenvalue weighted by Gasteiger charge is 2.18. The van der Waals surface area contributed by atoms with E-state index in [1.54, 1.807) is 36.5 Å². The van der Waals surface area contributed by atoms with Crippen molar-refractivity contribution in [1.29, 1.82) is 0 Å². The summed E-state index contributed by atoms with van der Waals surface area (Å²) < 4.78 is 48.9. The molecule has 0 radical (unpaired) electrons. The quantitative estimate of drug-likeness (QED) is 0.251. The Bertz CT molecular complexity index is 1360. The molecule has 0 saturated heterocycles. The van der Waals surface area contributed by atoms with Gasteiger partial charge in [0.05, 0.1) is 17.6 Å². The summed E-state index contributed by atoms with van der Waals surface area (Å²) in [6.45, 7) is -0.510. The number of phosphoric acid groups is 1. The van der Waals surface area contributed by atoms with Crippen LogP contribution in [0.15, 0.2) is 65.4 Å². The van der Waals surface area contributed by atoms with Crippen LogP contribution in [0.25, 0.3) is 11.3 Å². The lowest BCUT2D eigenvalue weighted by Gasteiger charge is -2.14. The van der Waals surface area contributed by atoms with Gasteiger partial charge in [-0.05, 0) is 35.9 Å². The highest BCUT2D eigenvalue weighted by Crippen LogP contribution is 2.30. The Morgan fingerprint density at radius 1 is 1.24 bits per heavy atom. The number of anilines is 3. The highest BCUT2D eigenvalue weighted by molar-refractivity contribution is 7.44. The fourth-order valence-corrected chi connectivity index (χ4v) is 3.36. The average Bonchev–Trinajstić information content (AvgIpc) is 3.24. The van der Waals surface area contributed by atoms with Gasteiger partial charge < -0.3 is 19.6 Å². The van der Waals surface area contributed by atoms with Crippen LogP contribution in [0, 0.1) is 11.6 Å². The zero-order chi connectivity index (χ0) is 24.3. The van der Waals surface area contributed by atoms with Gasteiger partial charge in [0.1, 0.15) is 23.0 Å². The monoisotopic (exact) mass is 489 g/mol. The van der Waals surface area contributed by atoms with Gasteiger partial charge in [0, 0.05) is 24.8 Å². The minimum atomic E-state index is -4.91. The van der Waals surface area contributed by atoms with Gasteiger partial charge in [-0.1, -0.05) is 11.2 Å². The summed E-state index contributed by atoms with van der Waals surface area (Å²) in [6, 6.07) is 11.4. The molecule has 1 unspecified atom stereocenters. The van der Waals surface area contributed by atoms with Crippen LogP contribution < -0.4 is 20.5 Å². The largest absolute Gasteiger partial charge is 0.756 e. The van der Waals surface area contributed by atoms with Crippen molar-refractivity contribution in [2.24, 2.45) is 0 Å². The van der Waals surface area contributed by atoms with Gasteiger partial charge in [-0.15, -0.1) is 0 Å². The number of halogens is 2. The minimum absolute atomic E-state index is 0.0264. The number of aromatic nitrogens is 3. The lowest BCUT2D eigenvalue weighted by molar-refractivity contribution is -0.712. The van der Waals surface area contributed by atoms with E-state index in [1.807, 2.05) is 0 Å². The fraction of sp³-hybridized carbons (Fsp3) is 0.0952. The molecule has 4 N–H and O–H groups in total. The van der Waals surface area contributed by atoms with Gasteiger partial charge in [0.2, 0.25) is 0 Å². The van der Waals surface area contributed by atoms with Crippen molar-refractivity contribution in [3.05, 3.63) is 83.8 Å². The van der Waals surface area contributed by atoms with Crippen LogP contribution >= 0.6 is 7.82 Å². The number of nitrogen functional groups attached to an aromatic ring is 1. The molecule has 4 aromatic rings. The first-order valence-corrected chi connectivity index (χ1v) is 11.3. The first-order chi connectivity index (χ1) is 16.2. The molecule has 0 aliphatic heterocycles. The molecule has 10 nitrogen and oxygen atoms in total. The topological polar surface area (TPSA) is 150 Å². The van der Waals surface area contributed by atoms with Crippen molar-refractivity contribution in [2.75, 3.05) is 11.1 Å². The lowest BCUT2D eigenvalue weighted by atomic mass is 10.1. The first-order valence-electron chi connectivity index (χ1n) is 9.77. The summed E-state index contributed by atoms with van der Waals surface area (Å²) in [6.07, 6.45) is 3.40. The van der Waals surface area contributed by atoms with E-state index in [9.17, 15) is 18.2 Å². The third-order valence-electron chi connectivity index (χ3n) is 4.70. The summed E-state index contributed by atoms with van der Waals surface area (Å²) in [5, 5.41) is 6.74. The van der Waals surface area contributed by atoms with Crippen LogP contribution in [0.4, 0.5) is 26.1 Å². The van der Waals surface area contributed by atoms with Gasteiger partial charge in [0.15, 0.2) is 12.5 Å². The molecule has 3 heterocycles. The SMILES string of the molecule is Nc1c(-c2cc(Cc3ccc(Nc4cc(F)ccc4F)nc3)no2)ccc[n+]1COP(=O)([O-])O. The molecular formula is C21H18F2N5O5P. The third kappa shape index (κ3) is 5.80. The number of phosphoric ester groups is 1. The predicted octanol–water partition coefficient (Wildman–Crippen LogP) is 2.65. The van der Waals surface area contributed by atoms with Crippen LogP contribution in [0.2, 0.25) is 0 Å². The standard InChI is InChI=1S/C21H18F2N5O5P/c22-14-4-5-17(23)18(9-14)26-20-6-3-13(11-25-20)8-15-10-19(33-27-15)16-2-1-7-28(21(16)24)12-32-34(29,30)31/h1-7,9-11,24H,8,12H2,(H3,25,26,29,30,31). The average molecular weight is 489 g/mol. The van der Waals surface area contributed by atoms with Crippen LogP contribution in [-0.4, -0.2) is 15.0 Å². The molecule has 13 heteroatoms. The van der Waals surface area contributed by atoms with Crippen LogP contribution in [0.1, 0.15) is 11.3 Å². The number of nitrogens with two attached hydrogens (primary N) is 1. The predicted molar refractivity (Wildman–Crippen MR) is 114 cm³/mol. The minimum Gasteiger partial charge on any atom is -0.756 e. The van der Waals surface area contributed by atoms with E-state index in [1.165, 1.54) is 10.8 Å². The number of nitrogens with one attached hydrogen (secondary N) is 1. The van der Waals surface area contributed by atoms with Crippen molar-refractivity contribution < 1.29 is 36.7 Å². The Hall–Kier alpha value is -3.70. The number of pyridine rings is 2. The summed E-state index contributed by atoms with van der Waals surface area (Å²) in [7, 11) is -4.91. The molecule has 176 valence electrons. The van der Waals surface area contributed by atoms with E-state index < -0.39 is 26.2 Å². The Balaban J connectivity index is 1.45. The van der Waals surface area contributed by atoms with E-state index in [-0.39, 0.29) is 11.5 Å². The zero-order valence-electron chi connectivity index (χ0n) is 17.4. The normalized spacial score (nSPS) is 12.9. The van der Waals surface area contributed by atoms with Crippen LogP contribution in [0.5, 0.6) is 0 Å². The molecule has 0 aliphatic rings. The number of rotatable bonds is 8. The molecule has 0 amide bonds. The van der Waals surface area contributed by atoms with E-state index in [0.717, 1.165) is 23.8 Å². The molecule has 0 fully saturated rings. The molecule has 1 atom stereocenters. The second-order valence-corrected chi connectivity index (χ2v) is 8.36. The second kappa shape index (κ2) is 9.65.